The van der Waals surface area contributed by atoms with Gasteiger partial charge in [-0.15, -0.1) is 0 Å². The normalized spacial score (nSPS) is 13.2. The lowest BCUT2D eigenvalue weighted by Crippen LogP contribution is -2.11. The lowest BCUT2D eigenvalue weighted by atomic mass is 9.90. The van der Waals surface area contributed by atoms with Crippen LogP contribution in [0.4, 0.5) is 23.1 Å². The molecular weight excluding hydrogens is 324 g/mol. The van der Waals surface area contributed by atoms with Gasteiger partial charge in [-0.1, -0.05) is 24.3 Å². The molecule has 26 heavy (non-hydrogen) atoms. The highest BCUT2D eigenvalue weighted by molar-refractivity contribution is 5.99. The van der Waals surface area contributed by atoms with E-state index in [2.05, 4.69) is 20.6 Å². The van der Waals surface area contributed by atoms with Crippen LogP contribution >= 0.6 is 0 Å². The summed E-state index contributed by atoms with van der Waals surface area (Å²) < 4.78 is 0. The van der Waals surface area contributed by atoms with Gasteiger partial charge >= 0.3 is 0 Å². The number of ketones is 1. The van der Waals surface area contributed by atoms with Crippen molar-refractivity contribution in [1.29, 1.82) is 0 Å². The Hall–Kier alpha value is -3.21. The first-order valence-corrected chi connectivity index (χ1v) is 8.78. The molecule has 0 atom stereocenters. The van der Waals surface area contributed by atoms with Crippen LogP contribution in [-0.4, -0.2) is 15.8 Å². The van der Waals surface area contributed by atoms with Gasteiger partial charge < -0.3 is 10.6 Å². The average molecular weight is 344 g/mol. The molecule has 0 radical (unpaired) electrons. The van der Waals surface area contributed by atoms with E-state index in [-0.39, 0.29) is 5.78 Å². The molecule has 0 bridgehead atoms. The third kappa shape index (κ3) is 3.42. The van der Waals surface area contributed by atoms with Crippen molar-refractivity contribution in [2.24, 2.45) is 0 Å². The fraction of sp³-hybridized carbons (Fsp3) is 0.190. The summed E-state index contributed by atoms with van der Waals surface area (Å²) >= 11 is 0. The standard InChI is InChI=1S/C21H20N4O/c1-14-13-22-21(24-16-7-3-2-4-8-16)25-20(14)23-17-11-10-15-6-5-9-19(26)18(15)12-17/h2-4,7-8,10-13H,5-6,9H2,1H3,(H2,22,23,24,25). The summed E-state index contributed by atoms with van der Waals surface area (Å²) in [6.07, 6.45) is 4.33. The van der Waals surface area contributed by atoms with Gasteiger partial charge in [0.25, 0.3) is 0 Å². The van der Waals surface area contributed by atoms with Crippen molar-refractivity contribution < 1.29 is 4.79 Å². The van der Waals surface area contributed by atoms with Crippen LogP contribution in [0.5, 0.6) is 0 Å². The second-order valence-corrected chi connectivity index (χ2v) is 6.49. The summed E-state index contributed by atoms with van der Waals surface area (Å²) in [6.45, 7) is 1.96. The van der Waals surface area contributed by atoms with Crippen molar-refractivity contribution >= 4 is 28.9 Å². The van der Waals surface area contributed by atoms with Crippen LogP contribution in [0.2, 0.25) is 0 Å². The zero-order chi connectivity index (χ0) is 17.9. The fourth-order valence-electron chi connectivity index (χ4n) is 3.12. The minimum atomic E-state index is 0.223. The van der Waals surface area contributed by atoms with Crippen molar-refractivity contribution in [2.75, 3.05) is 10.6 Å². The number of rotatable bonds is 4. The Balaban J connectivity index is 1.59. The predicted octanol–water partition coefficient (Wildman–Crippen LogP) is 4.79. The van der Waals surface area contributed by atoms with Gasteiger partial charge in [-0.25, -0.2) is 4.98 Å². The van der Waals surface area contributed by atoms with E-state index in [1.807, 2.05) is 55.5 Å². The van der Waals surface area contributed by atoms with E-state index in [0.717, 1.165) is 46.7 Å². The number of aromatic nitrogens is 2. The van der Waals surface area contributed by atoms with Crippen LogP contribution in [0.25, 0.3) is 0 Å². The molecule has 0 saturated carbocycles. The molecular formula is C21H20N4O. The molecule has 1 heterocycles. The van der Waals surface area contributed by atoms with Crippen molar-refractivity contribution in [3.05, 3.63) is 71.4 Å². The zero-order valence-corrected chi connectivity index (χ0v) is 14.6. The molecule has 4 rings (SSSR count). The van der Waals surface area contributed by atoms with Crippen LogP contribution in [0.1, 0.15) is 34.3 Å². The number of carbonyl (C=O) groups is 1. The monoisotopic (exact) mass is 344 g/mol. The molecule has 2 aromatic carbocycles. The first kappa shape index (κ1) is 16.3. The maximum atomic E-state index is 12.2. The molecule has 5 nitrogen and oxygen atoms in total. The Morgan fingerprint density at radius 1 is 0.962 bits per heavy atom. The molecule has 130 valence electrons. The molecule has 5 heteroatoms. The number of carbonyl (C=O) groups excluding carboxylic acids is 1. The highest BCUT2D eigenvalue weighted by Gasteiger charge is 2.17. The molecule has 1 aliphatic rings. The van der Waals surface area contributed by atoms with Crippen LogP contribution in [0.3, 0.4) is 0 Å². The number of aryl methyl sites for hydroxylation is 2. The van der Waals surface area contributed by atoms with Crippen LogP contribution in [0.15, 0.2) is 54.7 Å². The number of nitrogens with one attached hydrogen (secondary N) is 2. The Labute approximate surface area is 152 Å². The highest BCUT2D eigenvalue weighted by Crippen LogP contribution is 2.27. The summed E-state index contributed by atoms with van der Waals surface area (Å²) in [4.78, 5) is 21.1. The first-order valence-electron chi connectivity index (χ1n) is 8.78. The van der Waals surface area contributed by atoms with E-state index in [1.165, 1.54) is 0 Å². The molecule has 0 fully saturated rings. The third-order valence-electron chi connectivity index (χ3n) is 4.52. The second-order valence-electron chi connectivity index (χ2n) is 6.49. The molecule has 2 N–H and O–H groups in total. The number of Topliss-reactive ketones (excluding diaryl/α,β-unsaturated/α-hetero) is 1. The van der Waals surface area contributed by atoms with Crippen molar-refractivity contribution in [3.8, 4) is 0 Å². The molecule has 1 aromatic heterocycles. The number of nitrogens with zero attached hydrogens (tertiary/aromatic N) is 2. The smallest absolute Gasteiger partial charge is 0.229 e. The summed E-state index contributed by atoms with van der Waals surface area (Å²) in [6, 6.07) is 15.8. The van der Waals surface area contributed by atoms with Crippen molar-refractivity contribution in [1.82, 2.24) is 9.97 Å². The Kier molecular flexibility index (Phi) is 4.35. The topological polar surface area (TPSA) is 66.9 Å². The van der Waals surface area contributed by atoms with Crippen LogP contribution < -0.4 is 10.6 Å². The Bertz CT molecular complexity index is 953. The SMILES string of the molecule is Cc1cnc(Nc2ccccc2)nc1Nc1ccc2c(c1)C(=O)CCC2. The van der Waals surface area contributed by atoms with Gasteiger partial charge in [-0.2, -0.15) is 4.98 Å². The van der Waals surface area contributed by atoms with E-state index < -0.39 is 0 Å². The Morgan fingerprint density at radius 3 is 2.65 bits per heavy atom. The zero-order valence-electron chi connectivity index (χ0n) is 14.6. The second kappa shape index (κ2) is 6.96. The lowest BCUT2D eigenvalue weighted by Gasteiger charge is -2.17. The van der Waals surface area contributed by atoms with Gasteiger partial charge in [0.1, 0.15) is 5.82 Å². The summed E-state index contributed by atoms with van der Waals surface area (Å²) in [5.74, 6) is 1.47. The first-order chi connectivity index (χ1) is 12.7. The molecule has 0 amide bonds. The van der Waals surface area contributed by atoms with Gasteiger partial charge in [0, 0.05) is 35.1 Å². The molecule has 0 spiro atoms. The maximum Gasteiger partial charge on any atom is 0.229 e. The average Bonchev–Trinajstić information content (AvgIpc) is 2.66. The largest absolute Gasteiger partial charge is 0.340 e. The van der Waals surface area contributed by atoms with E-state index in [1.54, 1.807) is 6.20 Å². The van der Waals surface area contributed by atoms with Gasteiger partial charge in [0.2, 0.25) is 5.95 Å². The third-order valence-corrected chi connectivity index (χ3v) is 4.52. The summed E-state index contributed by atoms with van der Waals surface area (Å²) in [5, 5.41) is 6.52. The maximum absolute atomic E-state index is 12.2. The number of hydrogen-bond acceptors (Lipinski definition) is 5. The Morgan fingerprint density at radius 2 is 1.81 bits per heavy atom. The number of anilines is 4. The van der Waals surface area contributed by atoms with Gasteiger partial charge in [0.15, 0.2) is 5.78 Å². The van der Waals surface area contributed by atoms with Gasteiger partial charge in [-0.3, -0.25) is 4.79 Å². The van der Waals surface area contributed by atoms with E-state index in [0.29, 0.717) is 12.4 Å². The predicted molar refractivity (Wildman–Crippen MR) is 103 cm³/mol. The minimum Gasteiger partial charge on any atom is -0.340 e. The van der Waals surface area contributed by atoms with E-state index >= 15 is 0 Å². The highest BCUT2D eigenvalue weighted by atomic mass is 16.1. The number of para-hydroxylation sites is 1. The molecule has 1 aliphatic carbocycles. The molecule has 0 aliphatic heterocycles. The fourth-order valence-corrected chi connectivity index (χ4v) is 3.12. The molecule has 0 saturated heterocycles. The van der Waals surface area contributed by atoms with Crippen molar-refractivity contribution in [2.45, 2.75) is 26.2 Å². The lowest BCUT2D eigenvalue weighted by molar-refractivity contribution is 0.0972. The van der Waals surface area contributed by atoms with Crippen LogP contribution in [-0.2, 0) is 6.42 Å². The summed E-state index contributed by atoms with van der Waals surface area (Å²) in [5.41, 5.74) is 4.70. The number of hydrogen-bond donors (Lipinski definition) is 2. The van der Waals surface area contributed by atoms with Gasteiger partial charge in [-0.05, 0) is 49.6 Å². The van der Waals surface area contributed by atoms with Crippen LogP contribution in [0, 0.1) is 6.92 Å². The summed E-state index contributed by atoms with van der Waals surface area (Å²) in [7, 11) is 0. The van der Waals surface area contributed by atoms with E-state index in [4.69, 9.17) is 0 Å². The van der Waals surface area contributed by atoms with E-state index in [9.17, 15) is 4.79 Å². The molecule has 3 aromatic rings. The number of benzene rings is 2. The molecule has 0 unspecified atom stereocenters. The minimum absolute atomic E-state index is 0.223. The number of fused-ring (bicyclic) bond motifs is 1. The quantitative estimate of drug-likeness (QED) is 0.712. The van der Waals surface area contributed by atoms with Gasteiger partial charge in [0.05, 0.1) is 0 Å². The van der Waals surface area contributed by atoms with Crippen molar-refractivity contribution in [3.63, 3.8) is 0 Å².